The van der Waals surface area contributed by atoms with E-state index in [2.05, 4.69) is 15.1 Å². The van der Waals surface area contributed by atoms with Crippen LogP contribution in [0.25, 0.3) is 5.70 Å². The minimum absolute atomic E-state index is 0.0450. The molecule has 2 aromatic rings. The van der Waals surface area contributed by atoms with Crippen LogP contribution in [0, 0.1) is 0 Å². The van der Waals surface area contributed by atoms with Crippen molar-refractivity contribution < 1.29 is 13.2 Å². The van der Waals surface area contributed by atoms with Crippen LogP contribution in [0.15, 0.2) is 46.5 Å². The lowest BCUT2D eigenvalue weighted by molar-refractivity contribution is -0.112. The van der Waals surface area contributed by atoms with Gasteiger partial charge in [-0.1, -0.05) is 6.08 Å². The second-order valence-corrected chi connectivity index (χ2v) is 7.69. The predicted octanol–water partition coefficient (Wildman–Crippen LogP) is 0.361. The molecule has 1 aliphatic carbocycles. The Morgan fingerprint density at radius 1 is 1.25 bits per heavy atom. The molecule has 0 unspecified atom stereocenters. The molecule has 0 atom stereocenters. The molecule has 0 spiro atoms. The Morgan fingerprint density at radius 2 is 1.93 bits per heavy atom. The van der Waals surface area contributed by atoms with Crippen molar-refractivity contribution in [3.05, 3.63) is 47.8 Å². The standard InChI is InChI=1S/C17H19N7O3S/c1-10(16(18)25)23-24(12-5-7-13(8-6-12)28(20,26)27)14-4-2-3-11-9-21-17(19)22-15(11)14/h4-9H,2-3H2,1H3,(H2,18,25)(H2,19,21,22)(H2,20,26,27)/b23-10+. The number of aryl methyl sites for hydroxylation is 1. The molecule has 3 rings (SSSR count). The van der Waals surface area contributed by atoms with Gasteiger partial charge in [-0.05, 0) is 49.6 Å². The summed E-state index contributed by atoms with van der Waals surface area (Å²) in [5.41, 5.74) is 13.7. The third-order valence-electron chi connectivity index (χ3n) is 4.12. The number of primary sulfonamides is 1. The van der Waals surface area contributed by atoms with Crippen molar-refractivity contribution in [3.8, 4) is 0 Å². The first-order valence-corrected chi connectivity index (χ1v) is 9.81. The zero-order valence-corrected chi connectivity index (χ0v) is 15.8. The number of nitrogens with zero attached hydrogens (tertiary/aromatic N) is 4. The first-order chi connectivity index (χ1) is 13.2. The smallest absolute Gasteiger partial charge is 0.264 e. The largest absolute Gasteiger partial charge is 0.368 e. The van der Waals surface area contributed by atoms with Crippen molar-refractivity contribution in [2.45, 2.75) is 24.7 Å². The normalized spacial score (nSPS) is 14.2. The number of hydrazone groups is 1. The Morgan fingerprint density at radius 3 is 2.54 bits per heavy atom. The van der Waals surface area contributed by atoms with Gasteiger partial charge in [0.15, 0.2) is 0 Å². The van der Waals surface area contributed by atoms with Crippen molar-refractivity contribution in [3.63, 3.8) is 0 Å². The van der Waals surface area contributed by atoms with Crippen LogP contribution in [-0.2, 0) is 21.2 Å². The number of nitrogens with two attached hydrogens (primary N) is 3. The van der Waals surface area contributed by atoms with Crippen LogP contribution >= 0.6 is 0 Å². The fourth-order valence-corrected chi connectivity index (χ4v) is 3.22. The summed E-state index contributed by atoms with van der Waals surface area (Å²) in [7, 11) is -3.84. The number of carbonyl (C=O) groups excluding carboxylic acids is 1. The SMILES string of the molecule is C/C(=N\N(C1=CCCc2cnc(N)nc21)c1ccc(S(N)(=O)=O)cc1)C(N)=O. The molecule has 0 saturated carbocycles. The molecular formula is C17H19N7O3S. The average Bonchev–Trinajstić information content (AvgIpc) is 2.65. The summed E-state index contributed by atoms with van der Waals surface area (Å²) in [6.07, 6.45) is 4.99. The topological polar surface area (TPSA) is 171 Å². The average molecular weight is 401 g/mol. The molecule has 146 valence electrons. The Hall–Kier alpha value is -3.31. The Bertz CT molecular complexity index is 1090. The van der Waals surface area contributed by atoms with E-state index in [1.54, 1.807) is 6.20 Å². The third-order valence-corrected chi connectivity index (χ3v) is 5.05. The van der Waals surface area contributed by atoms with Crippen LogP contribution in [0.4, 0.5) is 11.6 Å². The number of carbonyl (C=O) groups is 1. The number of hydrogen-bond donors (Lipinski definition) is 3. The number of benzene rings is 1. The van der Waals surface area contributed by atoms with Crippen LogP contribution < -0.4 is 21.6 Å². The maximum absolute atomic E-state index is 11.5. The van der Waals surface area contributed by atoms with Gasteiger partial charge in [-0.3, -0.25) is 4.79 Å². The maximum Gasteiger partial charge on any atom is 0.264 e. The van der Waals surface area contributed by atoms with E-state index >= 15 is 0 Å². The van der Waals surface area contributed by atoms with Gasteiger partial charge in [-0.2, -0.15) is 5.10 Å². The number of aromatic nitrogens is 2. The summed E-state index contributed by atoms with van der Waals surface area (Å²) in [6.45, 7) is 1.48. The van der Waals surface area contributed by atoms with Crippen molar-refractivity contribution in [2.24, 2.45) is 16.0 Å². The summed E-state index contributed by atoms with van der Waals surface area (Å²) in [5, 5.41) is 10.9. The van der Waals surface area contributed by atoms with E-state index in [4.69, 9.17) is 16.6 Å². The van der Waals surface area contributed by atoms with Crippen LogP contribution in [0.5, 0.6) is 0 Å². The number of sulfonamides is 1. The van der Waals surface area contributed by atoms with Crippen LogP contribution in [-0.4, -0.2) is 30.0 Å². The molecule has 0 radical (unpaired) electrons. The van der Waals surface area contributed by atoms with Crippen molar-refractivity contribution >= 4 is 39.0 Å². The quantitative estimate of drug-likeness (QED) is 0.479. The van der Waals surface area contributed by atoms with E-state index in [0.717, 1.165) is 12.0 Å². The first-order valence-electron chi connectivity index (χ1n) is 8.26. The van der Waals surface area contributed by atoms with Crippen LogP contribution in [0.3, 0.4) is 0 Å². The van der Waals surface area contributed by atoms with Gasteiger partial charge in [-0.15, -0.1) is 0 Å². The van der Waals surface area contributed by atoms with Gasteiger partial charge < -0.3 is 11.5 Å². The highest BCUT2D eigenvalue weighted by atomic mass is 32.2. The molecule has 6 N–H and O–H groups in total. The molecule has 1 aliphatic rings. The summed E-state index contributed by atoms with van der Waals surface area (Å²) < 4.78 is 23.0. The molecule has 0 aliphatic heterocycles. The van der Waals surface area contributed by atoms with Crippen molar-refractivity contribution in [1.82, 2.24) is 9.97 Å². The van der Waals surface area contributed by atoms with Gasteiger partial charge in [0.25, 0.3) is 5.91 Å². The fourth-order valence-electron chi connectivity index (χ4n) is 2.70. The number of anilines is 2. The van der Waals surface area contributed by atoms with E-state index < -0.39 is 15.9 Å². The Labute approximate surface area is 161 Å². The van der Waals surface area contributed by atoms with Gasteiger partial charge in [0.2, 0.25) is 16.0 Å². The highest BCUT2D eigenvalue weighted by molar-refractivity contribution is 7.89. The van der Waals surface area contributed by atoms with Crippen molar-refractivity contribution in [2.75, 3.05) is 10.7 Å². The first kappa shape index (κ1) is 19.5. The molecule has 28 heavy (non-hydrogen) atoms. The summed E-state index contributed by atoms with van der Waals surface area (Å²) in [6, 6.07) is 5.76. The molecule has 10 nitrogen and oxygen atoms in total. The maximum atomic E-state index is 11.5. The van der Waals surface area contributed by atoms with E-state index in [0.29, 0.717) is 23.5 Å². The third kappa shape index (κ3) is 4.00. The lowest BCUT2D eigenvalue weighted by Gasteiger charge is -2.26. The summed E-state index contributed by atoms with van der Waals surface area (Å²) in [5.74, 6) is -0.586. The minimum atomic E-state index is -3.84. The lowest BCUT2D eigenvalue weighted by Crippen LogP contribution is -2.27. The monoisotopic (exact) mass is 401 g/mol. The fraction of sp³-hybridized carbons (Fsp3) is 0.176. The predicted molar refractivity (Wildman–Crippen MR) is 105 cm³/mol. The summed E-state index contributed by atoms with van der Waals surface area (Å²) >= 11 is 0. The van der Waals surface area contributed by atoms with Gasteiger partial charge in [-0.25, -0.2) is 28.5 Å². The Balaban J connectivity index is 2.14. The van der Waals surface area contributed by atoms with E-state index in [9.17, 15) is 13.2 Å². The van der Waals surface area contributed by atoms with E-state index in [1.165, 1.54) is 36.2 Å². The van der Waals surface area contributed by atoms with Crippen LogP contribution in [0.2, 0.25) is 0 Å². The molecule has 1 amide bonds. The molecule has 0 bridgehead atoms. The molecular weight excluding hydrogens is 382 g/mol. The number of hydrogen-bond acceptors (Lipinski definition) is 8. The molecule has 0 fully saturated rings. The van der Waals surface area contributed by atoms with Crippen molar-refractivity contribution in [1.29, 1.82) is 0 Å². The van der Waals surface area contributed by atoms with Gasteiger partial charge in [0.05, 0.1) is 22.0 Å². The second kappa shape index (κ2) is 7.37. The number of allylic oxidation sites excluding steroid dienone is 1. The summed E-state index contributed by atoms with van der Waals surface area (Å²) in [4.78, 5) is 19.8. The van der Waals surface area contributed by atoms with E-state index in [1.807, 2.05) is 6.08 Å². The molecule has 1 aromatic carbocycles. The number of primary amides is 1. The lowest BCUT2D eigenvalue weighted by atomic mass is 10.0. The zero-order chi connectivity index (χ0) is 20.5. The number of fused-ring (bicyclic) bond motifs is 1. The van der Waals surface area contributed by atoms with Gasteiger partial charge in [0.1, 0.15) is 5.71 Å². The molecule has 11 heteroatoms. The number of rotatable bonds is 5. The second-order valence-electron chi connectivity index (χ2n) is 6.13. The van der Waals surface area contributed by atoms with Gasteiger partial charge in [0, 0.05) is 6.20 Å². The minimum Gasteiger partial charge on any atom is -0.368 e. The van der Waals surface area contributed by atoms with Gasteiger partial charge >= 0.3 is 0 Å². The zero-order valence-electron chi connectivity index (χ0n) is 15.0. The number of amides is 1. The molecule has 1 heterocycles. The molecule has 0 saturated heterocycles. The highest BCUT2D eigenvalue weighted by Crippen LogP contribution is 2.32. The Kier molecular flexibility index (Phi) is 5.12. The van der Waals surface area contributed by atoms with Crippen LogP contribution in [0.1, 0.15) is 24.6 Å². The van der Waals surface area contributed by atoms with E-state index in [-0.39, 0.29) is 16.6 Å². The number of nitrogen functional groups attached to an aromatic ring is 1. The highest BCUT2D eigenvalue weighted by Gasteiger charge is 2.23. The molecule has 1 aromatic heterocycles.